The van der Waals surface area contributed by atoms with Crippen LogP contribution in [-0.4, -0.2) is 33.3 Å². The topological polar surface area (TPSA) is 84.2 Å². The quantitative estimate of drug-likeness (QED) is 0.733. The second kappa shape index (κ2) is 8.12. The van der Waals surface area contributed by atoms with Crippen LogP contribution in [0.5, 0.6) is 0 Å². The SMILES string of the molecule is Cc1ccnn1-c1ccc(C(=O)NCCCCCC(=O)O)cc1. The molecule has 1 aromatic carbocycles. The van der Waals surface area contributed by atoms with Gasteiger partial charge in [-0.25, -0.2) is 4.68 Å². The molecule has 0 saturated carbocycles. The van der Waals surface area contributed by atoms with Crippen molar-refractivity contribution in [1.29, 1.82) is 0 Å². The number of aromatic nitrogens is 2. The molecule has 6 nitrogen and oxygen atoms in total. The number of carboxylic acids is 1. The van der Waals surface area contributed by atoms with Crippen LogP contribution in [0.3, 0.4) is 0 Å². The zero-order chi connectivity index (χ0) is 16.7. The molecule has 1 aromatic heterocycles. The summed E-state index contributed by atoms with van der Waals surface area (Å²) < 4.78 is 1.81. The van der Waals surface area contributed by atoms with Crippen molar-refractivity contribution in [3.8, 4) is 5.69 Å². The number of carbonyl (C=O) groups is 2. The Bertz CT molecular complexity index is 662. The van der Waals surface area contributed by atoms with Crippen LogP contribution >= 0.6 is 0 Å². The maximum atomic E-state index is 12.0. The molecule has 1 heterocycles. The number of nitrogens with one attached hydrogen (secondary N) is 1. The fourth-order valence-electron chi connectivity index (χ4n) is 2.28. The average Bonchev–Trinajstić information content (AvgIpc) is 2.96. The van der Waals surface area contributed by atoms with Gasteiger partial charge in [-0.3, -0.25) is 9.59 Å². The highest BCUT2D eigenvalue weighted by molar-refractivity contribution is 5.94. The minimum Gasteiger partial charge on any atom is -0.481 e. The summed E-state index contributed by atoms with van der Waals surface area (Å²) in [6.07, 6.45) is 4.14. The van der Waals surface area contributed by atoms with Crippen LogP contribution < -0.4 is 5.32 Å². The van der Waals surface area contributed by atoms with E-state index in [1.807, 2.05) is 29.8 Å². The van der Waals surface area contributed by atoms with E-state index >= 15 is 0 Å². The molecule has 0 bridgehead atoms. The Morgan fingerprint density at radius 3 is 2.48 bits per heavy atom. The first-order chi connectivity index (χ1) is 11.1. The second-order valence-electron chi connectivity index (χ2n) is 5.39. The number of nitrogens with zero attached hydrogens (tertiary/aromatic N) is 2. The Morgan fingerprint density at radius 2 is 1.87 bits per heavy atom. The highest BCUT2D eigenvalue weighted by Gasteiger charge is 2.06. The molecule has 1 amide bonds. The highest BCUT2D eigenvalue weighted by Crippen LogP contribution is 2.11. The molecule has 6 heteroatoms. The van der Waals surface area contributed by atoms with Gasteiger partial charge in [-0.05, 0) is 50.1 Å². The minimum atomic E-state index is -0.776. The maximum absolute atomic E-state index is 12.0. The Morgan fingerprint density at radius 1 is 1.13 bits per heavy atom. The van der Waals surface area contributed by atoms with E-state index in [1.54, 1.807) is 18.3 Å². The van der Waals surface area contributed by atoms with E-state index in [0.717, 1.165) is 24.2 Å². The lowest BCUT2D eigenvalue weighted by molar-refractivity contribution is -0.137. The van der Waals surface area contributed by atoms with Crippen LogP contribution in [0, 0.1) is 6.92 Å². The normalized spacial score (nSPS) is 10.5. The molecule has 0 spiro atoms. The average molecular weight is 315 g/mol. The van der Waals surface area contributed by atoms with Crippen LogP contribution in [0.1, 0.15) is 41.7 Å². The van der Waals surface area contributed by atoms with Crippen molar-refractivity contribution in [3.05, 3.63) is 47.8 Å². The Labute approximate surface area is 135 Å². The number of carbonyl (C=O) groups excluding carboxylic acids is 1. The maximum Gasteiger partial charge on any atom is 0.303 e. The molecule has 0 aliphatic carbocycles. The molecule has 0 unspecified atom stereocenters. The molecule has 2 rings (SSSR count). The van der Waals surface area contributed by atoms with Crippen molar-refractivity contribution in [2.45, 2.75) is 32.6 Å². The summed E-state index contributed by atoms with van der Waals surface area (Å²) >= 11 is 0. The Kier molecular flexibility index (Phi) is 5.91. The summed E-state index contributed by atoms with van der Waals surface area (Å²) in [7, 11) is 0. The third kappa shape index (κ3) is 4.95. The van der Waals surface area contributed by atoms with Crippen molar-refractivity contribution >= 4 is 11.9 Å². The van der Waals surface area contributed by atoms with Crippen molar-refractivity contribution in [2.75, 3.05) is 6.54 Å². The number of hydrogen-bond donors (Lipinski definition) is 2. The van der Waals surface area contributed by atoms with Gasteiger partial charge in [-0.15, -0.1) is 0 Å². The van der Waals surface area contributed by atoms with E-state index in [4.69, 9.17) is 5.11 Å². The van der Waals surface area contributed by atoms with Crippen molar-refractivity contribution in [3.63, 3.8) is 0 Å². The fourth-order valence-corrected chi connectivity index (χ4v) is 2.28. The lowest BCUT2D eigenvalue weighted by Gasteiger charge is -2.07. The van der Waals surface area contributed by atoms with Gasteiger partial charge in [-0.2, -0.15) is 5.10 Å². The lowest BCUT2D eigenvalue weighted by Crippen LogP contribution is -2.24. The molecule has 2 N–H and O–H groups in total. The first-order valence-corrected chi connectivity index (χ1v) is 7.69. The molecule has 2 aromatic rings. The largest absolute Gasteiger partial charge is 0.481 e. The van der Waals surface area contributed by atoms with Crippen LogP contribution in [0.4, 0.5) is 0 Å². The number of aliphatic carboxylic acids is 1. The van der Waals surface area contributed by atoms with E-state index in [1.165, 1.54) is 0 Å². The molecule has 0 fully saturated rings. The zero-order valence-electron chi connectivity index (χ0n) is 13.2. The van der Waals surface area contributed by atoms with Crippen molar-refractivity contribution < 1.29 is 14.7 Å². The molecule has 0 aliphatic heterocycles. The third-order valence-corrected chi connectivity index (χ3v) is 3.56. The number of hydrogen-bond acceptors (Lipinski definition) is 3. The summed E-state index contributed by atoms with van der Waals surface area (Å²) in [4.78, 5) is 22.4. The standard InChI is InChI=1S/C17H21N3O3/c1-13-10-12-19-20(13)15-8-6-14(7-9-15)17(23)18-11-4-2-3-5-16(21)22/h6-10,12H,2-5,11H2,1H3,(H,18,23)(H,21,22). The van der Waals surface area contributed by atoms with E-state index in [9.17, 15) is 9.59 Å². The van der Waals surface area contributed by atoms with Crippen molar-refractivity contribution in [2.24, 2.45) is 0 Å². The summed E-state index contributed by atoms with van der Waals surface area (Å²) in [6, 6.07) is 9.20. The monoisotopic (exact) mass is 315 g/mol. The molecule has 0 atom stereocenters. The second-order valence-corrected chi connectivity index (χ2v) is 5.39. The van der Waals surface area contributed by atoms with Gasteiger partial charge in [0.2, 0.25) is 0 Å². The van der Waals surface area contributed by atoms with Gasteiger partial charge in [-0.1, -0.05) is 6.42 Å². The van der Waals surface area contributed by atoms with Gasteiger partial charge in [0.15, 0.2) is 0 Å². The van der Waals surface area contributed by atoms with E-state index in [0.29, 0.717) is 18.5 Å². The molecule has 0 radical (unpaired) electrons. The molecular formula is C17H21N3O3. The number of aryl methyl sites for hydroxylation is 1. The minimum absolute atomic E-state index is 0.119. The fraction of sp³-hybridized carbons (Fsp3) is 0.353. The molecule has 0 aliphatic rings. The predicted molar refractivity (Wildman–Crippen MR) is 86.7 cm³/mol. The number of unbranched alkanes of at least 4 members (excludes halogenated alkanes) is 2. The summed E-state index contributed by atoms with van der Waals surface area (Å²) in [5.41, 5.74) is 2.55. The van der Waals surface area contributed by atoms with Gasteiger partial charge in [0.1, 0.15) is 0 Å². The first-order valence-electron chi connectivity index (χ1n) is 7.69. The Hall–Kier alpha value is -2.63. The van der Waals surface area contributed by atoms with Gasteiger partial charge in [0, 0.05) is 30.4 Å². The summed E-state index contributed by atoms with van der Waals surface area (Å²) in [5, 5.41) is 15.6. The van der Waals surface area contributed by atoms with E-state index < -0.39 is 5.97 Å². The van der Waals surface area contributed by atoms with Crippen LogP contribution in [-0.2, 0) is 4.79 Å². The van der Waals surface area contributed by atoms with Gasteiger partial charge in [0.05, 0.1) is 5.69 Å². The van der Waals surface area contributed by atoms with Gasteiger partial charge in [0.25, 0.3) is 5.91 Å². The van der Waals surface area contributed by atoms with Crippen LogP contribution in [0.25, 0.3) is 5.69 Å². The first kappa shape index (κ1) is 16.7. The third-order valence-electron chi connectivity index (χ3n) is 3.56. The molecule has 0 saturated heterocycles. The van der Waals surface area contributed by atoms with Gasteiger partial charge >= 0.3 is 5.97 Å². The van der Waals surface area contributed by atoms with Crippen LogP contribution in [0.15, 0.2) is 36.5 Å². The van der Waals surface area contributed by atoms with Gasteiger partial charge < -0.3 is 10.4 Å². The number of benzene rings is 1. The van der Waals surface area contributed by atoms with E-state index in [2.05, 4.69) is 10.4 Å². The van der Waals surface area contributed by atoms with Crippen LogP contribution in [0.2, 0.25) is 0 Å². The highest BCUT2D eigenvalue weighted by atomic mass is 16.4. The number of rotatable bonds is 8. The predicted octanol–water partition coefficient (Wildman–Crippen LogP) is 2.56. The molecule has 122 valence electrons. The summed E-state index contributed by atoms with van der Waals surface area (Å²) in [6.45, 7) is 2.52. The smallest absolute Gasteiger partial charge is 0.303 e. The summed E-state index contributed by atoms with van der Waals surface area (Å²) in [5.74, 6) is -0.895. The number of carboxylic acid groups (broad SMARTS) is 1. The number of amides is 1. The lowest BCUT2D eigenvalue weighted by atomic mass is 10.1. The molecule has 23 heavy (non-hydrogen) atoms. The Balaban J connectivity index is 1.79. The van der Waals surface area contributed by atoms with E-state index in [-0.39, 0.29) is 12.3 Å². The molecular weight excluding hydrogens is 294 g/mol. The zero-order valence-corrected chi connectivity index (χ0v) is 13.2. The van der Waals surface area contributed by atoms with Crippen molar-refractivity contribution in [1.82, 2.24) is 15.1 Å².